The molecule has 27 heavy (non-hydrogen) atoms. The number of nitrogens with zero attached hydrogens (tertiary/aromatic N) is 2. The Hall–Kier alpha value is -1.40. The van der Waals surface area contributed by atoms with Gasteiger partial charge in [-0.15, -0.1) is 0 Å². The molecule has 1 fully saturated rings. The number of ether oxygens (including phenoxy) is 1. The quantitative estimate of drug-likeness (QED) is 0.675. The molecule has 0 atom stereocenters. The van der Waals surface area contributed by atoms with Gasteiger partial charge in [-0.3, -0.25) is 4.90 Å². The summed E-state index contributed by atoms with van der Waals surface area (Å²) < 4.78 is 11.0. The number of fused-ring (bicyclic) bond motifs is 1. The zero-order valence-corrected chi connectivity index (χ0v) is 17.3. The maximum Gasteiger partial charge on any atom is 0.339 e. The lowest BCUT2D eigenvalue weighted by atomic mass is 10.0. The average Bonchev–Trinajstić information content (AvgIpc) is 2.66. The van der Waals surface area contributed by atoms with Gasteiger partial charge in [0.15, 0.2) is 5.58 Å². The van der Waals surface area contributed by atoms with E-state index in [1.54, 1.807) is 0 Å². The highest BCUT2D eigenvalue weighted by Crippen LogP contribution is 2.29. The lowest BCUT2D eigenvalue weighted by Gasteiger charge is -2.26. The van der Waals surface area contributed by atoms with E-state index in [-0.39, 0.29) is 5.63 Å². The van der Waals surface area contributed by atoms with Crippen LogP contribution in [0.3, 0.4) is 0 Å². The SMILES string of the molecule is CCN(CC)CCc1c(C)c2cc(CN3CCOCC3)cc(Cl)c2oc1=O. The van der Waals surface area contributed by atoms with Gasteiger partial charge < -0.3 is 14.1 Å². The molecule has 0 amide bonds. The Morgan fingerprint density at radius 2 is 1.89 bits per heavy atom. The molecule has 5 nitrogen and oxygen atoms in total. The van der Waals surface area contributed by atoms with Crippen LogP contribution in [-0.2, 0) is 17.7 Å². The molecule has 1 aromatic carbocycles. The monoisotopic (exact) mass is 392 g/mol. The number of hydrogen-bond acceptors (Lipinski definition) is 5. The van der Waals surface area contributed by atoms with E-state index in [0.717, 1.165) is 74.6 Å². The minimum atomic E-state index is -0.269. The molecule has 0 unspecified atom stereocenters. The van der Waals surface area contributed by atoms with Crippen molar-refractivity contribution in [1.82, 2.24) is 9.80 Å². The second kappa shape index (κ2) is 9.20. The summed E-state index contributed by atoms with van der Waals surface area (Å²) in [5, 5.41) is 1.45. The molecule has 0 spiro atoms. The van der Waals surface area contributed by atoms with E-state index in [9.17, 15) is 4.79 Å². The van der Waals surface area contributed by atoms with Crippen LogP contribution in [0.2, 0.25) is 5.02 Å². The van der Waals surface area contributed by atoms with Crippen LogP contribution in [0.25, 0.3) is 11.0 Å². The third-order valence-electron chi connectivity index (χ3n) is 5.48. The number of halogens is 1. The van der Waals surface area contributed by atoms with Gasteiger partial charge in [-0.2, -0.15) is 0 Å². The molecule has 2 heterocycles. The van der Waals surface area contributed by atoms with E-state index in [4.69, 9.17) is 20.8 Å². The van der Waals surface area contributed by atoms with Crippen molar-refractivity contribution in [2.24, 2.45) is 0 Å². The lowest BCUT2D eigenvalue weighted by Crippen LogP contribution is -2.35. The maximum absolute atomic E-state index is 12.5. The summed E-state index contributed by atoms with van der Waals surface area (Å²) in [5.41, 5.74) is 3.11. The summed E-state index contributed by atoms with van der Waals surface area (Å²) in [4.78, 5) is 17.2. The summed E-state index contributed by atoms with van der Waals surface area (Å²) in [6.45, 7) is 13.3. The molecular formula is C21H29ClN2O3. The first-order valence-corrected chi connectivity index (χ1v) is 10.2. The molecule has 1 aromatic heterocycles. The Kier molecular flexibility index (Phi) is 6.93. The number of hydrogen-bond donors (Lipinski definition) is 0. The Bertz CT molecular complexity index is 839. The highest BCUT2D eigenvalue weighted by molar-refractivity contribution is 6.35. The Morgan fingerprint density at radius 3 is 2.56 bits per heavy atom. The smallest absolute Gasteiger partial charge is 0.339 e. The molecule has 3 rings (SSSR count). The van der Waals surface area contributed by atoms with E-state index in [1.807, 2.05) is 13.0 Å². The van der Waals surface area contributed by atoms with Crippen LogP contribution < -0.4 is 5.63 Å². The highest BCUT2D eigenvalue weighted by atomic mass is 35.5. The molecule has 148 valence electrons. The molecule has 1 aliphatic heterocycles. The second-order valence-electron chi connectivity index (χ2n) is 7.11. The van der Waals surface area contributed by atoms with E-state index < -0.39 is 0 Å². The van der Waals surface area contributed by atoms with E-state index in [0.29, 0.717) is 17.0 Å². The van der Waals surface area contributed by atoms with Crippen molar-refractivity contribution in [3.63, 3.8) is 0 Å². The second-order valence-corrected chi connectivity index (χ2v) is 7.52. The van der Waals surface area contributed by atoms with Crippen molar-refractivity contribution in [3.8, 4) is 0 Å². The molecule has 2 aromatic rings. The Labute approximate surface area is 165 Å². The molecule has 6 heteroatoms. The zero-order valence-electron chi connectivity index (χ0n) is 16.5. The minimum Gasteiger partial charge on any atom is -0.421 e. The van der Waals surface area contributed by atoms with Crippen molar-refractivity contribution >= 4 is 22.6 Å². The fourth-order valence-electron chi connectivity index (χ4n) is 3.71. The Morgan fingerprint density at radius 1 is 1.19 bits per heavy atom. The predicted molar refractivity (Wildman–Crippen MR) is 110 cm³/mol. The first kappa shape index (κ1) is 20.3. The summed E-state index contributed by atoms with van der Waals surface area (Å²) >= 11 is 6.46. The summed E-state index contributed by atoms with van der Waals surface area (Å²) in [5.74, 6) is 0. The van der Waals surface area contributed by atoms with Gasteiger partial charge in [-0.1, -0.05) is 25.4 Å². The van der Waals surface area contributed by atoms with Crippen molar-refractivity contribution in [2.75, 3.05) is 45.9 Å². The number of rotatable bonds is 7. The van der Waals surface area contributed by atoms with Gasteiger partial charge in [0.25, 0.3) is 0 Å². The van der Waals surface area contributed by atoms with Crippen LogP contribution in [0, 0.1) is 6.92 Å². The van der Waals surface area contributed by atoms with E-state index in [2.05, 4.69) is 29.7 Å². The van der Waals surface area contributed by atoms with E-state index >= 15 is 0 Å². The molecule has 0 aliphatic carbocycles. The normalized spacial score (nSPS) is 15.7. The van der Waals surface area contributed by atoms with Gasteiger partial charge in [-0.05, 0) is 49.7 Å². The molecule has 0 radical (unpaired) electrons. The van der Waals surface area contributed by atoms with Crippen molar-refractivity contribution in [2.45, 2.75) is 33.7 Å². The van der Waals surface area contributed by atoms with Crippen LogP contribution in [0.15, 0.2) is 21.3 Å². The minimum absolute atomic E-state index is 0.269. The number of morpholine rings is 1. The Balaban J connectivity index is 1.92. The summed E-state index contributed by atoms with van der Waals surface area (Å²) in [6, 6.07) is 4.03. The van der Waals surface area contributed by atoms with E-state index in [1.165, 1.54) is 0 Å². The van der Waals surface area contributed by atoms with Gasteiger partial charge in [0.1, 0.15) is 0 Å². The zero-order chi connectivity index (χ0) is 19.4. The van der Waals surface area contributed by atoms with Gasteiger partial charge in [-0.25, -0.2) is 4.79 Å². The molecular weight excluding hydrogens is 364 g/mol. The summed E-state index contributed by atoms with van der Waals surface area (Å²) in [7, 11) is 0. The van der Waals surface area contributed by atoms with Crippen LogP contribution in [0.5, 0.6) is 0 Å². The first-order valence-electron chi connectivity index (χ1n) is 9.80. The largest absolute Gasteiger partial charge is 0.421 e. The molecule has 1 saturated heterocycles. The number of aryl methyl sites for hydroxylation is 1. The van der Waals surface area contributed by atoms with Gasteiger partial charge in [0.2, 0.25) is 0 Å². The summed E-state index contributed by atoms with van der Waals surface area (Å²) in [6.07, 6.45) is 0.692. The van der Waals surface area contributed by atoms with Crippen LogP contribution in [0.1, 0.15) is 30.5 Å². The van der Waals surface area contributed by atoms with Crippen LogP contribution in [-0.4, -0.2) is 55.7 Å². The fourth-order valence-corrected chi connectivity index (χ4v) is 3.99. The van der Waals surface area contributed by atoms with Crippen molar-refractivity contribution in [1.29, 1.82) is 0 Å². The van der Waals surface area contributed by atoms with Crippen molar-refractivity contribution in [3.05, 3.63) is 44.3 Å². The number of likely N-dealkylation sites (N-methyl/N-ethyl adjacent to an activating group) is 1. The topological polar surface area (TPSA) is 45.9 Å². The number of benzene rings is 1. The molecule has 0 bridgehead atoms. The van der Waals surface area contributed by atoms with Gasteiger partial charge in [0, 0.05) is 37.1 Å². The average molecular weight is 393 g/mol. The third kappa shape index (κ3) is 4.72. The first-order chi connectivity index (χ1) is 13.0. The van der Waals surface area contributed by atoms with Crippen molar-refractivity contribution < 1.29 is 9.15 Å². The highest BCUT2D eigenvalue weighted by Gasteiger charge is 2.17. The van der Waals surface area contributed by atoms with Crippen LogP contribution >= 0.6 is 11.6 Å². The third-order valence-corrected chi connectivity index (χ3v) is 5.76. The molecule has 0 N–H and O–H groups in total. The lowest BCUT2D eigenvalue weighted by molar-refractivity contribution is 0.0342. The molecule has 0 saturated carbocycles. The van der Waals surface area contributed by atoms with Gasteiger partial charge in [0.05, 0.1) is 18.2 Å². The standard InChI is InChI=1S/C21H29ClN2O3/c1-4-23(5-2)7-6-17-15(3)18-12-16(14-24-8-10-26-11-9-24)13-19(22)20(18)27-21(17)25/h12-13H,4-11,14H2,1-3H3. The fraction of sp³-hybridized carbons (Fsp3) is 0.571. The van der Waals surface area contributed by atoms with Gasteiger partial charge >= 0.3 is 5.63 Å². The maximum atomic E-state index is 12.5. The van der Waals surface area contributed by atoms with Crippen LogP contribution in [0.4, 0.5) is 0 Å². The molecule has 1 aliphatic rings. The predicted octanol–water partition coefficient (Wildman–Crippen LogP) is 3.47.